The van der Waals surface area contributed by atoms with E-state index in [4.69, 9.17) is 0 Å². The molecule has 5 heteroatoms. The Balaban J connectivity index is 2.09. The first-order chi connectivity index (χ1) is 6.92. The molecule has 0 bridgehead atoms. The SMILES string of the molecule is CCCn1nncc1N1CCNCC1. The molecule has 0 radical (unpaired) electrons. The molecule has 1 aromatic rings. The zero-order valence-corrected chi connectivity index (χ0v) is 8.61. The lowest BCUT2D eigenvalue weighted by atomic mass is 10.3. The van der Waals surface area contributed by atoms with Crippen LogP contribution in [0.4, 0.5) is 5.82 Å². The van der Waals surface area contributed by atoms with Crippen LogP contribution in [-0.4, -0.2) is 41.2 Å². The third-order valence-corrected chi connectivity index (χ3v) is 2.47. The van der Waals surface area contributed by atoms with Gasteiger partial charge in [-0.25, -0.2) is 4.68 Å². The van der Waals surface area contributed by atoms with Crippen molar-refractivity contribution < 1.29 is 0 Å². The van der Waals surface area contributed by atoms with E-state index in [0.717, 1.165) is 45.0 Å². The van der Waals surface area contributed by atoms with E-state index >= 15 is 0 Å². The molecule has 1 fully saturated rings. The standard InChI is InChI=1S/C9H17N5/c1-2-5-14-9(8-11-12-14)13-6-3-10-4-7-13/h8,10H,2-7H2,1H3. The molecule has 1 aromatic heterocycles. The molecule has 2 rings (SSSR count). The summed E-state index contributed by atoms with van der Waals surface area (Å²) in [6.07, 6.45) is 2.96. The van der Waals surface area contributed by atoms with Gasteiger partial charge in [0.2, 0.25) is 0 Å². The van der Waals surface area contributed by atoms with Crippen LogP contribution in [0.1, 0.15) is 13.3 Å². The Morgan fingerprint density at radius 1 is 1.43 bits per heavy atom. The topological polar surface area (TPSA) is 46.0 Å². The maximum absolute atomic E-state index is 4.09. The van der Waals surface area contributed by atoms with Crippen molar-refractivity contribution in [3.8, 4) is 0 Å². The van der Waals surface area contributed by atoms with Gasteiger partial charge in [-0.3, -0.25) is 0 Å². The van der Waals surface area contributed by atoms with E-state index in [1.54, 1.807) is 0 Å². The lowest BCUT2D eigenvalue weighted by molar-refractivity contribution is 0.538. The Kier molecular flexibility index (Phi) is 2.98. The lowest BCUT2D eigenvalue weighted by Crippen LogP contribution is -2.44. The maximum atomic E-state index is 4.09. The number of aromatic nitrogens is 3. The van der Waals surface area contributed by atoms with Gasteiger partial charge in [0.05, 0.1) is 6.20 Å². The van der Waals surface area contributed by atoms with Gasteiger partial charge >= 0.3 is 0 Å². The fraction of sp³-hybridized carbons (Fsp3) is 0.778. The summed E-state index contributed by atoms with van der Waals surface area (Å²) in [5.41, 5.74) is 0. The Bertz CT molecular complexity index is 276. The van der Waals surface area contributed by atoms with E-state index in [-0.39, 0.29) is 0 Å². The second-order valence-corrected chi connectivity index (χ2v) is 3.55. The van der Waals surface area contributed by atoms with E-state index in [1.807, 2.05) is 10.9 Å². The van der Waals surface area contributed by atoms with Gasteiger partial charge in [-0.1, -0.05) is 12.1 Å². The van der Waals surface area contributed by atoms with E-state index < -0.39 is 0 Å². The average Bonchev–Trinajstić information content (AvgIpc) is 2.68. The van der Waals surface area contributed by atoms with Crippen LogP contribution in [0.3, 0.4) is 0 Å². The predicted molar refractivity (Wildman–Crippen MR) is 55.4 cm³/mol. The van der Waals surface area contributed by atoms with E-state index in [2.05, 4.69) is 27.5 Å². The number of nitrogens with zero attached hydrogens (tertiary/aromatic N) is 4. The second-order valence-electron chi connectivity index (χ2n) is 3.55. The number of piperazine rings is 1. The van der Waals surface area contributed by atoms with Crippen LogP contribution in [-0.2, 0) is 6.54 Å². The van der Waals surface area contributed by atoms with Crippen LogP contribution in [0.25, 0.3) is 0 Å². The lowest BCUT2D eigenvalue weighted by Gasteiger charge is -2.28. The normalized spacial score (nSPS) is 17.4. The minimum absolute atomic E-state index is 0.958. The predicted octanol–water partition coefficient (Wildman–Crippen LogP) is 0.0977. The third-order valence-electron chi connectivity index (χ3n) is 2.47. The molecular formula is C9H17N5. The van der Waals surface area contributed by atoms with Crippen molar-refractivity contribution in [1.29, 1.82) is 0 Å². The minimum atomic E-state index is 0.958. The first-order valence-corrected chi connectivity index (χ1v) is 5.26. The monoisotopic (exact) mass is 195 g/mol. The van der Waals surface area contributed by atoms with Gasteiger partial charge in [0.1, 0.15) is 5.82 Å². The van der Waals surface area contributed by atoms with Crippen molar-refractivity contribution in [2.45, 2.75) is 19.9 Å². The highest BCUT2D eigenvalue weighted by Crippen LogP contribution is 2.12. The molecule has 0 spiro atoms. The molecule has 14 heavy (non-hydrogen) atoms. The quantitative estimate of drug-likeness (QED) is 0.743. The molecule has 1 aliphatic rings. The Morgan fingerprint density at radius 3 is 2.93 bits per heavy atom. The first kappa shape index (κ1) is 9.45. The largest absolute Gasteiger partial charge is 0.353 e. The molecule has 0 atom stereocenters. The van der Waals surface area contributed by atoms with Gasteiger partial charge < -0.3 is 10.2 Å². The van der Waals surface area contributed by atoms with E-state index in [9.17, 15) is 0 Å². The fourth-order valence-electron chi connectivity index (χ4n) is 1.76. The van der Waals surface area contributed by atoms with Gasteiger partial charge in [0, 0.05) is 32.7 Å². The molecule has 1 saturated heterocycles. The molecule has 0 aromatic carbocycles. The smallest absolute Gasteiger partial charge is 0.147 e. The van der Waals surface area contributed by atoms with E-state index in [1.165, 1.54) is 0 Å². The van der Waals surface area contributed by atoms with Crippen molar-refractivity contribution in [2.24, 2.45) is 0 Å². The van der Waals surface area contributed by atoms with Crippen molar-refractivity contribution in [1.82, 2.24) is 20.3 Å². The van der Waals surface area contributed by atoms with Crippen LogP contribution in [0.2, 0.25) is 0 Å². The van der Waals surface area contributed by atoms with Crippen LogP contribution in [0.15, 0.2) is 6.20 Å². The summed E-state index contributed by atoms with van der Waals surface area (Å²) in [5.74, 6) is 1.16. The van der Waals surface area contributed by atoms with Crippen molar-refractivity contribution in [2.75, 3.05) is 31.1 Å². The highest BCUT2D eigenvalue weighted by atomic mass is 15.5. The maximum Gasteiger partial charge on any atom is 0.147 e. The second kappa shape index (κ2) is 4.41. The van der Waals surface area contributed by atoms with Gasteiger partial charge in [-0.2, -0.15) is 0 Å². The van der Waals surface area contributed by atoms with Gasteiger partial charge in [0.15, 0.2) is 0 Å². The molecule has 0 unspecified atom stereocenters. The highest BCUT2D eigenvalue weighted by molar-refractivity contribution is 5.36. The molecule has 0 aliphatic carbocycles. The zero-order valence-electron chi connectivity index (χ0n) is 8.61. The molecular weight excluding hydrogens is 178 g/mol. The van der Waals surface area contributed by atoms with Gasteiger partial charge in [-0.05, 0) is 6.42 Å². The van der Waals surface area contributed by atoms with Crippen LogP contribution in [0.5, 0.6) is 0 Å². The number of hydrogen-bond acceptors (Lipinski definition) is 4. The van der Waals surface area contributed by atoms with Gasteiger partial charge in [-0.15, -0.1) is 5.10 Å². The Hall–Kier alpha value is -1.10. The Morgan fingerprint density at radius 2 is 2.21 bits per heavy atom. The summed E-state index contributed by atoms with van der Waals surface area (Å²) in [5, 5.41) is 11.4. The van der Waals surface area contributed by atoms with Crippen LogP contribution >= 0.6 is 0 Å². The van der Waals surface area contributed by atoms with Crippen LogP contribution < -0.4 is 10.2 Å². The minimum Gasteiger partial charge on any atom is -0.353 e. The zero-order chi connectivity index (χ0) is 9.80. The summed E-state index contributed by atoms with van der Waals surface area (Å²) >= 11 is 0. The van der Waals surface area contributed by atoms with Gasteiger partial charge in [0.25, 0.3) is 0 Å². The molecule has 0 amide bonds. The van der Waals surface area contributed by atoms with Crippen LogP contribution in [0, 0.1) is 0 Å². The summed E-state index contributed by atoms with van der Waals surface area (Å²) in [6, 6.07) is 0. The van der Waals surface area contributed by atoms with Crippen molar-refractivity contribution >= 4 is 5.82 Å². The summed E-state index contributed by atoms with van der Waals surface area (Å²) < 4.78 is 1.99. The number of aryl methyl sites for hydroxylation is 1. The number of nitrogens with one attached hydrogen (secondary N) is 1. The Labute approximate surface area is 84.1 Å². The molecule has 2 heterocycles. The summed E-state index contributed by atoms with van der Waals surface area (Å²) in [4.78, 5) is 2.34. The molecule has 1 aliphatic heterocycles. The van der Waals surface area contributed by atoms with Crippen molar-refractivity contribution in [3.63, 3.8) is 0 Å². The molecule has 5 nitrogen and oxygen atoms in total. The molecule has 78 valence electrons. The molecule has 1 N–H and O–H groups in total. The molecule has 0 saturated carbocycles. The number of hydrogen-bond donors (Lipinski definition) is 1. The third kappa shape index (κ3) is 1.87. The fourth-order valence-corrected chi connectivity index (χ4v) is 1.76. The number of rotatable bonds is 3. The summed E-state index contributed by atoms with van der Waals surface area (Å²) in [6.45, 7) is 7.32. The van der Waals surface area contributed by atoms with Crippen molar-refractivity contribution in [3.05, 3.63) is 6.20 Å². The number of anilines is 1. The summed E-state index contributed by atoms with van der Waals surface area (Å²) in [7, 11) is 0. The highest BCUT2D eigenvalue weighted by Gasteiger charge is 2.14. The first-order valence-electron chi connectivity index (χ1n) is 5.26. The average molecular weight is 195 g/mol. The van der Waals surface area contributed by atoms with E-state index in [0.29, 0.717) is 0 Å².